The Bertz CT molecular complexity index is 277. The molecule has 4 nitrogen and oxygen atoms in total. The Morgan fingerprint density at radius 3 is 2.63 bits per heavy atom. The summed E-state index contributed by atoms with van der Waals surface area (Å²) in [6.07, 6.45) is 1.57. The average Bonchev–Trinajstić information content (AvgIpc) is 2.39. The van der Waals surface area contributed by atoms with Gasteiger partial charge in [-0.05, 0) is 20.3 Å². The zero-order valence-corrected chi connectivity index (χ0v) is 12.9. The van der Waals surface area contributed by atoms with Gasteiger partial charge in [0.2, 0.25) is 0 Å². The van der Waals surface area contributed by atoms with E-state index in [0.29, 0.717) is 18.2 Å². The van der Waals surface area contributed by atoms with Gasteiger partial charge < -0.3 is 14.8 Å². The van der Waals surface area contributed by atoms with Crippen LogP contribution in [0.3, 0.4) is 0 Å². The molecule has 2 fully saturated rings. The highest BCUT2D eigenvalue weighted by Gasteiger charge is 2.48. The van der Waals surface area contributed by atoms with Gasteiger partial charge in [0, 0.05) is 43.7 Å². The van der Waals surface area contributed by atoms with Crippen LogP contribution in [0.5, 0.6) is 0 Å². The summed E-state index contributed by atoms with van der Waals surface area (Å²) in [5.74, 6) is 0. The van der Waals surface area contributed by atoms with Gasteiger partial charge in [-0.15, -0.1) is 0 Å². The maximum absolute atomic E-state index is 5.79. The van der Waals surface area contributed by atoms with Gasteiger partial charge in [0.15, 0.2) is 0 Å². The molecule has 1 N–H and O–H groups in total. The van der Waals surface area contributed by atoms with E-state index >= 15 is 0 Å². The first-order valence-corrected chi connectivity index (χ1v) is 7.71. The van der Waals surface area contributed by atoms with Gasteiger partial charge in [0.25, 0.3) is 0 Å². The predicted molar refractivity (Wildman–Crippen MR) is 77.5 cm³/mol. The van der Waals surface area contributed by atoms with Crippen molar-refractivity contribution in [2.75, 3.05) is 39.5 Å². The van der Waals surface area contributed by atoms with Crippen LogP contribution in [0, 0.1) is 5.41 Å². The van der Waals surface area contributed by atoms with Crippen LogP contribution in [-0.4, -0.2) is 62.5 Å². The summed E-state index contributed by atoms with van der Waals surface area (Å²) in [5.41, 5.74) is 0.259. The summed E-state index contributed by atoms with van der Waals surface area (Å²) >= 11 is 0. The van der Waals surface area contributed by atoms with Crippen LogP contribution in [0.15, 0.2) is 0 Å². The van der Waals surface area contributed by atoms with Crippen molar-refractivity contribution in [2.24, 2.45) is 5.41 Å². The minimum atomic E-state index is 0.259. The zero-order valence-electron chi connectivity index (χ0n) is 12.9. The largest absolute Gasteiger partial charge is 0.379 e. The van der Waals surface area contributed by atoms with Crippen LogP contribution in [0.2, 0.25) is 0 Å². The van der Waals surface area contributed by atoms with Crippen molar-refractivity contribution in [1.82, 2.24) is 10.2 Å². The molecule has 1 saturated carbocycles. The lowest BCUT2D eigenvalue weighted by Gasteiger charge is -2.53. The summed E-state index contributed by atoms with van der Waals surface area (Å²) in [6, 6.07) is 1.12. The minimum absolute atomic E-state index is 0.259. The van der Waals surface area contributed by atoms with E-state index in [4.69, 9.17) is 9.47 Å². The summed E-state index contributed by atoms with van der Waals surface area (Å²) < 4.78 is 11.2. The summed E-state index contributed by atoms with van der Waals surface area (Å²) in [6.45, 7) is 14.9. The van der Waals surface area contributed by atoms with Gasteiger partial charge in [-0.25, -0.2) is 0 Å². The van der Waals surface area contributed by atoms with Crippen molar-refractivity contribution in [1.29, 1.82) is 0 Å². The number of nitrogens with one attached hydrogen (secondary N) is 1. The van der Waals surface area contributed by atoms with Crippen molar-refractivity contribution in [3.05, 3.63) is 0 Å². The summed E-state index contributed by atoms with van der Waals surface area (Å²) in [7, 11) is 0. The second kappa shape index (κ2) is 6.53. The molecule has 4 heteroatoms. The summed E-state index contributed by atoms with van der Waals surface area (Å²) in [5, 5.41) is 3.78. The van der Waals surface area contributed by atoms with E-state index in [9.17, 15) is 0 Å². The number of ether oxygens (including phenoxy) is 2. The average molecular weight is 270 g/mol. The van der Waals surface area contributed by atoms with Crippen LogP contribution < -0.4 is 5.32 Å². The Hall–Kier alpha value is -0.160. The Morgan fingerprint density at radius 1 is 1.37 bits per heavy atom. The molecule has 112 valence electrons. The molecular weight excluding hydrogens is 240 g/mol. The highest BCUT2D eigenvalue weighted by Crippen LogP contribution is 2.42. The highest BCUT2D eigenvalue weighted by molar-refractivity contribution is 5.03. The van der Waals surface area contributed by atoms with Gasteiger partial charge >= 0.3 is 0 Å². The first kappa shape index (κ1) is 15.2. The fraction of sp³-hybridized carbons (Fsp3) is 1.00. The van der Waals surface area contributed by atoms with E-state index in [1.54, 1.807) is 0 Å². The lowest BCUT2D eigenvalue weighted by molar-refractivity contribution is -0.116. The van der Waals surface area contributed by atoms with Gasteiger partial charge in [-0.2, -0.15) is 0 Å². The molecule has 0 bridgehead atoms. The number of rotatable bonds is 6. The van der Waals surface area contributed by atoms with E-state index in [1.165, 1.54) is 0 Å². The van der Waals surface area contributed by atoms with Gasteiger partial charge in [0.05, 0.1) is 19.3 Å². The second-order valence-corrected chi connectivity index (χ2v) is 6.53. The van der Waals surface area contributed by atoms with Crippen molar-refractivity contribution >= 4 is 0 Å². The standard InChI is InChI=1S/C15H30N2O2/c1-5-19-14-10-13(15(14,3)4)16-12(2)11-17-6-8-18-9-7-17/h12-14,16H,5-11H2,1-4H3. The minimum Gasteiger partial charge on any atom is -0.379 e. The lowest BCUT2D eigenvalue weighted by atomic mass is 9.64. The maximum atomic E-state index is 5.79. The van der Waals surface area contributed by atoms with Crippen LogP contribution >= 0.6 is 0 Å². The molecule has 2 aliphatic rings. The number of hydrogen-bond acceptors (Lipinski definition) is 4. The molecular formula is C15H30N2O2. The lowest BCUT2D eigenvalue weighted by Crippen LogP contribution is -2.63. The van der Waals surface area contributed by atoms with Crippen molar-refractivity contribution < 1.29 is 9.47 Å². The molecule has 1 heterocycles. The highest BCUT2D eigenvalue weighted by atomic mass is 16.5. The molecule has 19 heavy (non-hydrogen) atoms. The van der Waals surface area contributed by atoms with Crippen molar-refractivity contribution in [3.8, 4) is 0 Å². The number of hydrogen-bond donors (Lipinski definition) is 1. The molecule has 0 radical (unpaired) electrons. The third-order valence-electron chi connectivity index (χ3n) is 4.67. The molecule has 3 atom stereocenters. The van der Waals surface area contributed by atoms with E-state index in [-0.39, 0.29) is 5.41 Å². The topological polar surface area (TPSA) is 33.7 Å². The number of morpholine rings is 1. The molecule has 3 unspecified atom stereocenters. The van der Waals surface area contributed by atoms with Crippen molar-refractivity contribution in [3.63, 3.8) is 0 Å². The summed E-state index contributed by atoms with van der Waals surface area (Å²) in [4.78, 5) is 2.49. The van der Waals surface area contributed by atoms with E-state index in [1.807, 2.05) is 0 Å². The normalized spacial score (nSPS) is 32.8. The zero-order chi connectivity index (χ0) is 13.9. The Labute approximate surface area is 117 Å². The molecule has 2 rings (SSSR count). The molecule has 0 aromatic rings. The SMILES string of the molecule is CCOC1CC(NC(C)CN2CCOCC2)C1(C)C. The van der Waals surface area contributed by atoms with Crippen LogP contribution in [0.1, 0.15) is 34.1 Å². The third kappa shape index (κ3) is 3.69. The van der Waals surface area contributed by atoms with Crippen LogP contribution in [0.4, 0.5) is 0 Å². The maximum Gasteiger partial charge on any atom is 0.0655 e. The fourth-order valence-corrected chi connectivity index (χ4v) is 3.22. The fourth-order valence-electron chi connectivity index (χ4n) is 3.22. The molecule has 1 aliphatic heterocycles. The number of nitrogens with zero attached hydrogens (tertiary/aromatic N) is 1. The monoisotopic (exact) mass is 270 g/mol. The van der Waals surface area contributed by atoms with Crippen molar-refractivity contribution in [2.45, 2.75) is 52.3 Å². The molecule has 0 amide bonds. The third-order valence-corrected chi connectivity index (χ3v) is 4.67. The second-order valence-electron chi connectivity index (χ2n) is 6.53. The smallest absolute Gasteiger partial charge is 0.0655 e. The van der Waals surface area contributed by atoms with Crippen LogP contribution in [0.25, 0.3) is 0 Å². The van der Waals surface area contributed by atoms with E-state index < -0.39 is 0 Å². The molecule has 0 aromatic carbocycles. The first-order chi connectivity index (χ1) is 9.04. The Morgan fingerprint density at radius 2 is 2.05 bits per heavy atom. The Balaban J connectivity index is 1.72. The quantitative estimate of drug-likeness (QED) is 0.793. The van der Waals surface area contributed by atoms with E-state index in [2.05, 4.69) is 37.9 Å². The molecule has 1 saturated heterocycles. The van der Waals surface area contributed by atoms with Gasteiger partial charge in [-0.1, -0.05) is 13.8 Å². The Kier molecular flexibility index (Phi) is 5.23. The van der Waals surface area contributed by atoms with Gasteiger partial charge in [-0.3, -0.25) is 4.90 Å². The first-order valence-electron chi connectivity index (χ1n) is 7.71. The predicted octanol–water partition coefficient (Wildman–Crippen LogP) is 1.50. The molecule has 1 aliphatic carbocycles. The van der Waals surface area contributed by atoms with Crippen LogP contribution in [-0.2, 0) is 9.47 Å². The molecule has 0 aromatic heterocycles. The van der Waals surface area contributed by atoms with E-state index in [0.717, 1.165) is 45.9 Å². The van der Waals surface area contributed by atoms with Gasteiger partial charge in [0.1, 0.15) is 0 Å². The molecule has 0 spiro atoms.